The molecule has 0 aliphatic carbocycles. The molecule has 170 valence electrons. The Kier molecular flexibility index (Phi) is 6.74. The molecule has 3 aromatic rings. The van der Waals surface area contributed by atoms with Crippen molar-refractivity contribution in [3.05, 3.63) is 76.8 Å². The summed E-state index contributed by atoms with van der Waals surface area (Å²) in [6.07, 6.45) is 2.45. The van der Waals surface area contributed by atoms with Crippen molar-refractivity contribution in [1.82, 2.24) is 4.98 Å². The molecule has 8 heteroatoms. The fraction of sp³-hybridized carbons (Fsp3) is 0.240. The number of carbonyl (C=O) groups is 2. The molecule has 0 spiro atoms. The first kappa shape index (κ1) is 22.5. The summed E-state index contributed by atoms with van der Waals surface area (Å²) >= 11 is 1.25. The van der Waals surface area contributed by atoms with Crippen LogP contribution >= 0.6 is 11.3 Å². The lowest BCUT2D eigenvalue weighted by molar-refractivity contribution is -0.132. The van der Waals surface area contributed by atoms with Gasteiger partial charge in [0.05, 0.1) is 24.8 Å². The van der Waals surface area contributed by atoms with Gasteiger partial charge in [0.2, 0.25) is 0 Å². The minimum absolute atomic E-state index is 0.00563. The van der Waals surface area contributed by atoms with Crippen molar-refractivity contribution in [2.45, 2.75) is 26.3 Å². The molecule has 1 unspecified atom stereocenters. The van der Waals surface area contributed by atoms with Crippen LogP contribution < -0.4 is 14.4 Å². The molecule has 0 bridgehead atoms. The largest absolute Gasteiger partial charge is 0.507 e. The van der Waals surface area contributed by atoms with E-state index in [-0.39, 0.29) is 11.3 Å². The minimum Gasteiger partial charge on any atom is -0.507 e. The monoisotopic (exact) mass is 464 g/mol. The molecule has 1 fully saturated rings. The molecular formula is C25H24N2O5S. The van der Waals surface area contributed by atoms with Gasteiger partial charge in [0.1, 0.15) is 17.3 Å². The summed E-state index contributed by atoms with van der Waals surface area (Å²) in [6.45, 7) is 4.94. The lowest BCUT2D eigenvalue weighted by Gasteiger charge is -2.23. The summed E-state index contributed by atoms with van der Waals surface area (Å²) in [5.41, 5.74) is 1.06. The second-order valence-electron chi connectivity index (χ2n) is 7.36. The second-order valence-corrected chi connectivity index (χ2v) is 8.24. The summed E-state index contributed by atoms with van der Waals surface area (Å²) in [6, 6.07) is 13.2. The Morgan fingerprint density at radius 3 is 2.55 bits per heavy atom. The van der Waals surface area contributed by atoms with E-state index in [0.717, 1.165) is 6.42 Å². The number of rotatable bonds is 8. The van der Waals surface area contributed by atoms with E-state index in [0.29, 0.717) is 41.0 Å². The third kappa shape index (κ3) is 4.47. The van der Waals surface area contributed by atoms with Crippen LogP contribution in [0.5, 0.6) is 11.5 Å². The van der Waals surface area contributed by atoms with Gasteiger partial charge in [-0.15, -0.1) is 11.3 Å². The number of hydrogen-bond acceptors (Lipinski definition) is 7. The highest BCUT2D eigenvalue weighted by Crippen LogP contribution is 2.43. The van der Waals surface area contributed by atoms with E-state index in [1.54, 1.807) is 60.1 Å². The Balaban J connectivity index is 1.83. The van der Waals surface area contributed by atoms with E-state index in [4.69, 9.17) is 9.47 Å². The van der Waals surface area contributed by atoms with Gasteiger partial charge >= 0.3 is 5.91 Å². The number of carbonyl (C=O) groups excluding carboxylic acids is 2. The number of hydrogen-bond donors (Lipinski definition) is 1. The zero-order chi connectivity index (χ0) is 23.4. The summed E-state index contributed by atoms with van der Waals surface area (Å²) in [5, 5.41) is 13.3. The average Bonchev–Trinajstić information content (AvgIpc) is 3.45. The first-order valence-electron chi connectivity index (χ1n) is 10.7. The number of aliphatic hydroxyl groups excluding tert-OH is 1. The van der Waals surface area contributed by atoms with E-state index in [2.05, 4.69) is 4.98 Å². The highest BCUT2D eigenvalue weighted by Gasteiger charge is 2.48. The van der Waals surface area contributed by atoms with Crippen molar-refractivity contribution < 1.29 is 24.2 Å². The zero-order valence-electron chi connectivity index (χ0n) is 18.4. The number of ether oxygens (including phenoxy) is 2. The molecule has 1 aliphatic rings. The van der Waals surface area contributed by atoms with Gasteiger partial charge in [-0.1, -0.05) is 31.2 Å². The first-order valence-corrected chi connectivity index (χ1v) is 11.6. The molecule has 1 N–H and O–H groups in total. The number of aliphatic hydroxyl groups is 1. The summed E-state index contributed by atoms with van der Waals surface area (Å²) < 4.78 is 11.2. The molecule has 1 amide bonds. The number of Topliss-reactive ketones (excluding diaryl/α,β-unsaturated/α-hetero) is 1. The van der Waals surface area contributed by atoms with Crippen molar-refractivity contribution in [3.8, 4) is 11.5 Å². The number of anilines is 1. The SMILES string of the molecule is CCCOc1ccc(C2/C(=C(\O)c3cccc(OCC)c3)C(=O)C(=O)N2c2nccs2)cc1. The number of ketones is 1. The van der Waals surface area contributed by atoms with Gasteiger partial charge < -0.3 is 14.6 Å². The molecule has 33 heavy (non-hydrogen) atoms. The Morgan fingerprint density at radius 2 is 1.88 bits per heavy atom. The highest BCUT2D eigenvalue weighted by molar-refractivity contribution is 7.14. The molecule has 2 heterocycles. The lowest BCUT2D eigenvalue weighted by atomic mass is 9.95. The summed E-state index contributed by atoms with van der Waals surface area (Å²) in [7, 11) is 0. The molecular weight excluding hydrogens is 440 g/mol. The Morgan fingerprint density at radius 1 is 1.09 bits per heavy atom. The molecule has 2 aromatic carbocycles. The minimum atomic E-state index is -0.827. The van der Waals surface area contributed by atoms with Crippen LogP contribution in [0.1, 0.15) is 37.4 Å². The van der Waals surface area contributed by atoms with Crippen molar-refractivity contribution in [2.24, 2.45) is 0 Å². The van der Waals surface area contributed by atoms with Crippen LogP contribution in [-0.2, 0) is 9.59 Å². The van der Waals surface area contributed by atoms with Crippen molar-refractivity contribution in [3.63, 3.8) is 0 Å². The zero-order valence-corrected chi connectivity index (χ0v) is 19.2. The van der Waals surface area contributed by atoms with Gasteiger partial charge in [-0.05, 0) is 43.2 Å². The van der Waals surface area contributed by atoms with Crippen LogP contribution in [0.25, 0.3) is 5.76 Å². The molecule has 0 saturated carbocycles. The van der Waals surface area contributed by atoms with Crippen LogP contribution in [-0.4, -0.2) is 35.0 Å². The van der Waals surface area contributed by atoms with Crippen LogP contribution in [0.2, 0.25) is 0 Å². The molecule has 1 aromatic heterocycles. The van der Waals surface area contributed by atoms with Crippen molar-refractivity contribution >= 4 is 33.9 Å². The Labute approximate surface area is 195 Å². The number of nitrogens with zero attached hydrogens (tertiary/aromatic N) is 2. The third-order valence-corrected chi connectivity index (χ3v) is 5.93. The Hall–Kier alpha value is -3.65. The average molecular weight is 465 g/mol. The molecule has 0 radical (unpaired) electrons. The number of aromatic nitrogens is 1. The fourth-order valence-electron chi connectivity index (χ4n) is 3.70. The quantitative estimate of drug-likeness (QED) is 0.288. The summed E-state index contributed by atoms with van der Waals surface area (Å²) in [4.78, 5) is 31.8. The standard InChI is InChI=1S/C25H24N2O5S/c1-3-13-32-18-10-8-16(9-11-18)21-20(22(28)17-6-5-7-19(15-17)31-4-2)23(29)24(30)27(21)25-26-12-14-33-25/h5-12,14-15,21,28H,3-4,13H2,1-2H3/b22-20+. The predicted octanol–water partition coefficient (Wildman–Crippen LogP) is 4.96. The maximum Gasteiger partial charge on any atom is 0.301 e. The van der Waals surface area contributed by atoms with Gasteiger partial charge in [0.15, 0.2) is 5.13 Å². The topological polar surface area (TPSA) is 89.0 Å². The molecule has 4 rings (SSSR count). The number of amides is 1. The van der Waals surface area contributed by atoms with Gasteiger partial charge in [0.25, 0.3) is 5.78 Å². The van der Waals surface area contributed by atoms with Crippen molar-refractivity contribution in [1.29, 1.82) is 0 Å². The van der Waals surface area contributed by atoms with E-state index in [1.165, 1.54) is 16.2 Å². The number of thiazole rings is 1. The molecule has 7 nitrogen and oxygen atoms in total. The van der Waals surface area contributed by atoms with Gasteiger partial charge in [0, 0.05) is 17.1 Å². The van der Waals surface area contributed by atoms with Gasteiger partial charge in [-0.2, -0.15) is 0 Å². The predicted molar refractivity (Wildman–Crippen MR) is 127 cm³/mol. The normalized spacial score (nSPS) is 17.4. The Bertz CT molecular complexity index is 1170. The maximum absolute atomic E-state index is 13.1. The van der Waals surface area contributed by atoms with E-state index < -0.39 is 17.7 Å². The van der Waals surface area contributed by atoms with Gasteiger partial charge in [-0.3, -0.25) is 14.5 Å². The van der Waals surface area contributed by atoms with Gasteiger partial charge in [-0.25, -0.2) is 4.98 Å². The number of benzene rings is 2. The van der Waals surface area contributed by atoms with Crippen LogP contribution in [0.4, 0.5) is 5.13 Å². The van der Waals surface area contributed by atoms with E-state index >= 15 is 0 Å². The molecule has 1 saturated heterocycles. The molecule has 1 atom stereocenters. The highest BCUT2D eigenvalue weighted by atomic mass is 32.1. The van der Waals surface area contributed by atoms with Crippen LogP contribution in [0.15, 0.2) is 65.7 Å². The fourth-order valence-corrected chi connectivity index (χ4v) is 4.37. The third-order valence-electron chi connectivity index (χ3n) is 5.16. The second kappa shape index (κ2) is 9.87. The first-order chi connectivity index (χ1) is 16.0. The van der Waals surface area contributed by atoms with E-state index in [1.807, 2.05) is 13.8 Å². The van der Waals surface area contributed by atoms with Crippen LogP contribution in [0, 0.1) is 0 Å². The van der Waals surface area contributed by atoms with Crippen molar-refractivity contribution in [2.75, 3.05) is 18.1 Å². The molecule has 1 aliphatic heterocycles. The maximum atomic E-state index is 13.1. The smallest absolute Gasteiger partial charge is 0.301 e. The van der Waals surface area contributed by atoms with E-state index in [9.17, 15) is 14.7 Å². The summed E-state index contributed by atoms with van der Waals surface area (Å²) in [5.74, 6) is -0.504. The van der Waals surface area contributed by atoms with Crippen LogP contribution in [0.3, 0.4) is 0 Å². The lowest BCUT2D eigenvalue weighted by Crippen LogP contribution is -2.29.